The summed E-state index contributed by atoms with van der Waals surface area (Å²) in [5.41, 5.74) is 2.81. The Balaban J connectivity index is 1.98. The van der Waals surface area contributed by atoms with Crippen molar-refractivity contribution in [3.63, 3.8) is 0 Å². The van der Waals surface area contributed by atoms with Crippen LogP contribution in [-0.2, 0) is 6.54 Å². The van der Waals surface area contributed by atoms with E-state index in [4.69, 9.17) is 4.52 Å². The molecule has 1 aliphatic rings. The molecule has 1 aromatic carbocycles. The van der Waals surface area contributed by atoms with Gasteiger partial charge in [0.05, 0.1) is 12.1 Å². The lowest BCUT2D eigenvalue weighted by Gasteiger charge is -2.26. The number of carbonyl (C=O) groups excluding carboxylic acids is 1. The summed E-state index contributed by atoms with van der Waals surface area (Å²) in [6, 6.07) is 10.4. The summed E-state index contributed by atoms with van der Waals surface area (Å²) >= 11 is 0. The molecule has 1 saturated carbocycles. The molecule has 2 amide bonds. The van der Waals surface area contributed by atoms with Crippen molar-refractivity contribution >= 4 is 11.9 Å². The van der Waals surface area contributed by atoms with E-state index in [-0.39, 0.29) is 12.1 Å². The predicted molar refractivity (Wildman–Crippen MR) is 108 cm³/mol. The van der Waals surface area contributed by atoms with E-state index in [2.05, 4.69) is 29.2 Å². The molecule has 2 aromatic rings. The van der Waals surface area contributed by atoms with Crippen LogP contribution in [-0.4, -0.2) is 41.3 Å². The highest BCUT2D eigenvalue weighted by Crippen LogP contribution is 2.35. The molecule has 6 nitrogen and oxygen atoms in total. The Morgan fingerprint density at radius 3 is 2.44 bits per heavy atom. The average Bonchev–Trinajstić information content (AvgIpc) is 3.41. The lowest BCUT2D eigenvalue weighted by atomic mass is 10.1. The van der Waals surface area contributed by atoms with Crippen molar-refractivity contribution < 1.29 is 9.32 Å². The van der Waals surface area contributed by atoms with Gasteiger partial charge in [0, 0.05) is 30.7 Å². The summed E-state index contributed by atoms with van der Waals surface area (Å²) in [4.78, 5) is 16.9. The first kappa shape index (κ1) is 19.3. The topological polar surface area (TPSA) is 61.6 Å². The van der Waals surface area contributed by atoms with Gasteiger partial charge in [-0.25, -0.2) is 4.79 Å². The third-order valence-corrected chi connectivity index (χ3v) is 4.85. The molecular weight excluding hydrogens is 340 g/mol. The quantitative estimate of drug-likeness (QED) is 0.754. The lowest BCUT2D eigenvalue weighted by molar-refractivity contribution is 0.189. The van der Waals surface area contributed by atoms with E-state index < -0.39 is 0 Å². The van der Waals surface area contributed by atoms with E-state index in [1.807, 2.05) is 49.1 Å². The van der Waals surface area contributed by atoms with Crippen LogP contribution < -0.4 is 10.2 Å². The number of hydrogen-bond donors (Lipinski definition) is 1. The number of hydrogen-bond acceptors (Lipinski definition) is 4. The zero-order valence-corrected chi connectivity index (χ0v) is 16.7. The number of carbonyl (C=O) groups is 1. The highest BCUT2D eigenvalue weighted by Gasteiger charge is 2.35. The molecule has 1 fully saturated rings. The molecule has 0 unspecified atom stereocenters. The average molecular weight is 370 g/mol. The van der Waals surface area contributed by atoms with Gasteiger partial charge in [0.15, 0.2) is 0 Å². The molecule has 1 aliphatic carbocycles. The van der Waals surface area contributed by atoms with Crippen molar-refractivity contribution in [1.82, 2.24) is 15.4 Å². The summed E-state index contributed by atoms with van der Waals surface area (Å²) in [6.45, 7) is 10.3. The van der Waals surface area contributed by atoms with Crippen molar-refractivity contribution in [2.75, 3.05) is 18.0 Å². The van der Waals surface area contributed by atoms with Gasteiger partial charge in [-0.2, -0.15) is 0 Å². The van der Waals surface area contributed by atoms with Gasteiger partial charge in [-0.15, -0.1) is 0 Å². The molecule has 0 saturated heterocycles. The van der Waals surface area contributed by atoms with E-state index in [9.17, 15) is 4.79 Å². The minimum atomic E-state index is -0.0155. The van der Waals surface area contributed by atoms with Crippen molar-refractivity contribution in [2.24, 2.45) is 0 Å². The Hall–Kier alpha value is -2.50. The Morgan fingerprint density at radius 1 is 1.22 bits per heavy atom. The van der Waals surface area contributed by atoms with Gasteiger partial charge in [0.25, 0.3) is 0 Å². The van der Waals surface area contributed by atoms with Crippen LogP contribution in [0.3, 0.4) is 0 Å². The highest BCUT2D eigenvalue weighted by molar-refractivity contribution is 5.76. The number of nitrogens with zero attached hydrogens (tertiary/aromatic N) is 3. The minimum absolute atomic E-state index is 0.0155. The fourth-order valence-corrected chi connectivity index (χ4v) is 3.28. The first-order valence-electron chi connectivity index (χ1n) is 9.91. The Morgan fingerprint density at radius 2 is 1.89 bits per heavy atom. The second-order valence-electron chi connectivity index (χ2n) is 7.32. The van der Waals surface area contributed by atoms with Crippen molar-refractivity contribution in [2.45, 2.75) is 59.2 Å². The molecule has 6 heteroatoms. The van der Waals surface area contributed by atoms with Crippen molar-refractivity contribution in [3.8, 4) is 11.3 Å². The molecule has 0 aliphatic heterocycles. The Bertz CT molecular complexity index is 749. The first-order chi connectivity index (χ1) is 13.0. The molecule has 27 heavy (non-hydrogen) atoms. The number of aromatic nitrogens is 1. The van der Waals surface area contributed by atoms with Crippen LogP contribution in [0.5, 0.6) is 0 Å². The highest BCUT2D eigenvalue weighted by atomic mass is 16.5. The second kappa shape index (κ2) is 8.46. The largest absolute Gasteiger partial charge is 0.341 e. The summed E-state index contributed by atoms with van der Waals surface area (Å²) in [7, 11) is 0. The third-order valence-electron chi connectivity index (χ3n) is 4.85. The molecule has 0 radical (unpaired) electrons. The first-order valence-corrected chi connectivity index (χ1v) is 9.91. The molecule has 0 spiro atoms. The van der Waals surface area contributed by atoms with Gasteiger partial charge < -0.3 is 19.6 Å². The fraction of sp³-hybridized carbons (Fsp3) is 0.524. The standard InChI is InChI=1S/C21H30N4O2/c1-5-24(6-2)20-18(19(23-27-20)16-10-8-7-9-11-16)14-25(17-12-13-17)21(26)22-15(3)4/h7-11,15,17H,5-6,12-14H2,1-4H3,(H,22,26). The molecule has 1 N–H and O–H groups in total. The molecular formula is C21H30N4O2. The number of benzene rings is 1. The van der Waals surface area contributed by atoms with E-state index in [1.54, 1.807) is 0 Å². The number of amides is 2. The maximum atomic E-state index is 12.8. The van der Waals surface area contributed by atoms with Gasteiger partial charge >= 0.3 is 6.03 Å². The van der Waals surface area contributed by atoms with Crippen molar-refractivity contribution in [1.29, 1.82) is 0 Å². The molecule has 3 rings (SSSR count). The normalized spacial score (nSPS) is 13.7. The number of urea groups is 1. The molecule has 146 valence electrons. The van der Waals surface area contributed by atoms with E-state index >= 15 is 0 Å². The smallest absolute Gasteiger partial charge is 0.318 e. The fourth-order valence-electron chi connectivity index (χ4n) is 3.28. The van der Waals surface area contributed by atoms with E-state index in [1.165, 1.54) is 0 Å². The summed E-state index contributed by atoms with van der Waals surface area (Å²) in [6.07, 6.45) is 2.11. The molecule has 1 heterocycles. The Kier molecular flexibility index (Phi) is 6.04. The van der Waals surface area contributed by atoms with Crippen LogP contribution in [0.4, 0.5) is 10.7 Å². The number of rotatable bonds is 8. The maximum Gasteiger partial charge on any atom is 0.318 e. The summed E-state index contributed by atoms with van der Waals surface area (Å²) < 4.78 is 5.77. The van der Waals surface area contributed by atoms with E-state index in [0.29, 0.717) is 12.6 Å². The van der Waals surface area contributed by atoms with Crippen molar-refractivity contribution in [3.05, 3.63) is 35.9 Å². The summed E-state index contributed by atoms with van der Waals surface area (Å²) in [5, 5.41) is 7.42. The summed E-state index contributed by atoms with van der Waals surface area (Å²) in [5.74, 6) is 0.766. The van der Waals surface area contributed by atoms with Crippen LogP contribution in [0.25, 0.3) is 11.3 Å². The number of nitrogens with one attached hydrogen (secondary N) is 1. The number of anilines is 1. The molecule has 0 atom stereocenters. The van der Waals surface area contributed by atoms with Crippen LogP contribution in [0.15, 0.2) is 34.9 Å². The van der Waals surface area contributed by atoms with Crippen LogP contribution in [0.2, 0.25) is 0 Å². The monoisotopic (exact) mass is 370 g/mol. The molecule has 0 bridgehead atoms. The third kappa shape index (κ3) is 4.43. The molecule has 1 aromatic heterocycles. The van der Waals surface area contributed by atoms with E-state index in [0.717, 1.165) is 48.6 Å². The van der Waals surface area contributed by atoms with Crippen LogP contribution >= 0.6 is 0 Å². The van der Waals surface area contributed by atoms with Gasteiger partial charge in [0.2, 0.25) is 5.88 Å². The van der Waals surface area contributed by atoms with Crippen LogP contribution in [0.1, 0.15) is 46.1 Å². The van der Waals surface area contributed by atoms with Gasteiger partial charge in [0.1, 0.15) is 5.69 Å². The second-order valence-corrected chi connectivity index (χ2v) is 7.32. The van der Waals surface area contributed by atoms with Gasteiger partial charge in [-0.1, -0.05) is 35.5 Å². The maximum absolute atomic E-state index is 12.8. The van der Waals surface area contributed by atoms with Gasteiger partial charge in [-0.3, -0.25) is 0 Å². The zero-order chi connectivity index (χ0) is 19.4. The van der Waals surface area contributed by atoms with Crippen LogP contribution in [0, 0.1) is 0 Å². The minimum Gasteiger partial charge on any atom is -0.341 e. The Labute approximate surface area is 161 Å². The lowest BCUT2D eigenvalue weighted by Crippen LogP contribution is -2.44. The SMILES string of the molecule is CCN(CC)c1onc(-c2ccccc2)c1CN(C(=O)NC(C)C)C1CC1. The predicted octanol–water partition coefficient (Wildman–Crippen LogP) is 4.27. The zero-order valence-electron chi connectivity index (χ0n) is 16.7. The van der Waals surface area contributed by atoms with Gasteiger partial charge in [-0.05, 0) is 40.5 Å².